The largest absolute Gasteiger partial charge is 0.478 e. The second-order valence-corrected chi connectivity index (χ2v) is 4.00. The Hall–Kier alpha value is -2.49. The molecule has 0 atom stereocenters. The number of nitrogens with one attached hydrogen (secondary N) is 1. The van der Waals surface area contributed by atoms with Crippen molar-refractivity contribution in [2.24, 2.45) is 0 Å². The van der Waals surface area contributed by atoms with Crippen molar-refractivity contribution in [2.75, 3.05) is 5.73 Å². The number of fused-ring (bicyclic) bond motifs is 3. The van der Waals surface area contributed by atoms with Crippen LogP contribution >= 0.6 is 0 Å². The lowest BCUT2D eigenvalue weighted by Gasteiger charge is -1.94. The van der Waals surface area contributed by atoms with Gasteiger partial charge >= 0.3 is 5.97 Å². The predicted octanol–water partition coefficient (Wildman–Crippen LogP) is 2.60. The maximum absolute atomic E-state index is 10.9. The summed E-state index contributed by atoms with van der Waals surface area (Å²) in [6, 6.07) is 10.7. The van der Waals surface area contributed by atoms with Gasteiger partial charge in [-0.2, -0.15) is 0 Å². The van der Waals surface area contributed by atoms with Crippen molar-refractivity contribution in [1.82, 2.24) is 4.98 Å². The number of nitrogens with two attached hydrogens (primary N) is 1. The molecule has 3 aromatic rings. The summed E-state index contributed by atoms with van der Waals surface area (Å²) in [6.07, 6.45) is 0. The fourth-order valence-corrected chi connectivity index (χ4v) is 2.06. The lowest BCUT2D eigenvalue weighted by Crippen LogP contribution is -1.94. The van der Waals surface area contributed by atoms with Crippen LogP contribution in [0, 0.1) is 0 Å². The van der Waals surface area contributed by atoms with Crippen molar-refractivity contribution < 1.29 is 9.90 Å². The van der Waals surface area contributed by atoms with Gasteiger partial charge in [-0.25, -0.2) is 4.79 Å². The Kier molecular flexibility index (Phi) is 1.86. The Bertz CT molecular complexity index is 744. The molecule has 0 spiro atoms. The Labute approximate surface area is 96.7 Å². The third-order valence-corrected chi connectivity index (χ3v) is 2.87. The highest BCUT2D eigenvalue weighted by Gasteiger charge is 2.08. The average Bonchev–Trinajstić information content (AvgIpc) is 2.64. The van der Waals surface area contributed by atoms with E-state index in [9.17, 15) is 4.79 Å². The molecular formula is C13H10N2O2. The molecule has 1 aromatic heterocycles. The quantitative estimate of drug-likeness (QED) is 0.558. The summed E-state index contributed by atoms with van der Waals surface area (Å²) in [5, 5.41) is 11.0. The maximum atomic E-state index is 10.9. The predicted molar refractivity (Wildman–Crippen MR) is 67.2 cm³/mol. The molecule has 0 aliphatic carbocycles. The van der Waals surface area contributed by atoms with Gasteiger partial charge in [0.05, 0.1) is 5.56 Å². The number of anilines is 1. The molecule has 4 nitrogen and oxygen atoms in total. The summed E-state index contributed by atoms with van der Waals surface area (Å²) >= 11 is 0. The highest BCUT2D eigenvalue weighted by Crippen LogP contribution is 2.27. The fraction of sp³-hybridized carbons (Fsp3) is 0. The molecule has 0 saturated heterocycles. The van der Waals surface area contributed by atoms with Crippen molar-refractivity contribution in [3.05, 3.63) is 42.0 Å². The van der Waals surface area contributed by atoms with E-state index in [0.717, 1.165) is 21.8 Å². The molecule has 0 radical (unpaired) electrons. The zero-order valence-electron chi connectivity index (χ0n) is 8.90. The van der Waals surface area contributed by atoms with E-state index < -0.39 is 5.97 Å². The van der Waals surface area contributed by atoms with Crippen molar-refractivity contribution in [2.45, 2.75) is 0 Å². The Balaban J connectivity index is 2.38. The van der Waals surface area contributed by atoms with E-state index >= 15 is 0 Å². The smallest absolute Gasteiger partial charge is 0.335 e. The van der Waals surface area contributed by atoms with E-state index in [1.807, 2.05) is 24.3 Å². The van der Waals surface area contributed by atoms with Gasteiger partial charge in [0.25, 0.3) is 0 Å². The summed E-state index contributed by atoms with van der Waals surface area (Å²) in [4.78, 5) is 14.1. The Morgan fingerprint density at radius 2 is 1.71 bits per heavy atom. The summed E-state index contributed by atoms with van der Waals surface area (Å²) in [5.74, 6) is -0.926. The van der Waals surface area contributed by atoms with Crippen LogP contribution in [0.3, 0.4) is 0 Å². The molecular weight excluding hydrogens is 216 g/mol. The first-order chi connectivity index (χ1) is 8.15. The van der Waals surface area contributed by atoms with Gasteiger partial charge in [0.1, 0.15) is 0 Å². The van der Waals surface area contributed by atoms with E-state index in [2.05, 4.69) is 4.98 Å². The summed E-state index contributed by atoms with van der Waals surface area (Å²) in [7, 11) is 0. The van der Waals surface area contributed by atoms with Crippen LogP contribution in [0.2, 0.25) is 0 Å². The van der Waals surface area contributed by atoms with Crippen LogP contribution in [0.25, 0.3) is 21.8 Å². The molecule has 2 aromatic carbocycles. The lowest BCUT2D eigenvalue weighted by molar-refractivity contribution is 0.0697. The van der Waals surface area contributed by atoms with E-state index in [-0.39, 0.29) is 5.56 Å². The van der Waals surface area contributed by atoms with Gasteiger partial charge in [0.15, 0.2) is 0 Å². The molecule has 0 unspecified atom stereocenters. The number of H-pyrrole nitrogens is 1. The number of hydrogen-bond donors (Lipinski definition) is 3. The molecule has 17 heavy (non-hydrogen) atoms. The normalized spacial score (nSPS) is 11.1. The molecule has 0 saturated carbocycles. The number of aromatic amines is 1. The summed E-state index contributed by atoms with van der Waals surface area (Å²) in [6.45, 7) is 0. The first kappa shape index (κ1) is 9.72. The molecule has 4 N–H and O–H groups in total. The molecule has 3 rings (SSSR count). The molecule has 0 aliphatic rings. The molecule has 4 heteroatoms. The fourth-order valence-electron chi connectivity index (χ4n) is 2.06. The van der Waals surface area contributed by atoms with E-state index in [4.69, 9.17) is 10.8 Å². The van der Waals surface area contributed by atoms with Gasteiger partial charge in [-0.15, -0.1) is 0 Å². The molecule has 0 amide bonds. The van der Waals surface area contributed by atoms with Crippen LogP contribution in [0.1, 0.15) is 10.4 Å². The minimum Gasteiger partial charge on any atom is -0.478 e. The first-order valence-electron chi connectivity index (χ1n) is 5.19. The van der Waals surface area contributed by atoms with Gasteiger partial charge in [-0.1, -0.05) is 12.1 Å². The topological polar surface area (TPSA) is 79.1 Å². The highest BCUT2D eigenvalue weighted by molar-refractivity contribution is 6.09. The first-order valence-corrected chi connectivity index (χ1v) is 5.19. The Morgan fingerprint density at radius 1 is 1.06 bits per heavy atom. The number of carbonyl (C=O) groups is 1. The van der Waals surface area contributed by atoms with Crippen molar-refractivity contribution >= 4 is 33.5 Å². The van der Waals surface area contributed by atoms with E-state index in [1.54, 1.807) is 12.1 Å². The monoisotopic (exact) mass is 226 g/mol. The highest BCUT2D eigenvalue weighted by atomic mass is 16.4. The van der Waals surface area contributed by atoms with Crippen molar-refractivity contribution in [1.29, 1.82) is 0 Å². The molecule has 0 aliphatic heterocycles. The third kappa shape index (κ3) is 1.42. The van der Waals surface area contributed by atoms with Gasteiger partial charge < -0.3 is 15.8 Å². The van der Waals surface area contributed by atoms with Crippen LogP contribution in [0.15, 0.2) is 36.4 Å². The molecule has 84 valence electrons. The van der Waals surface area contributed by atoms with Crippen molar-refractivity contribution in [3.63, 3.8) is 0 Å². The van der Waals surface area contributed by atoms with Crippen molar-refractivity contribution in [3.8, 4) is 0 Å². The number of benzene rings is 2. The average molecular weight is 226 g/mol. The van der Waals surface area contributed by atoms with Gasteiger partial charge in [-0.05, 0) is 24.3 Å². The summed E-state index contributed by atoms with van der Waals surface area (Å²) < 4.78 is 0. The van der Waals surface area contributed by atoms with E-state index in [1.165, 1.54) is 0 Å². The summed E-state index contributed by atoms with van der Waals surface area (Å²) in [5.41, 5.74) is 8.40. The standard InChI is InChI=1S/C13H10N2O2/c14-8-2-4-10-9-3-1-7(13(16)17)5-11(9)15-12(10)6-8/h1-6,15H,14H2,(H,16,17). The molecule has 0 fully saturated rings. The molecule has 0 bridgehead atoms. The number of carboxylic acids is 1. The SMILES string of the molecule is Nc1ccc2c(c1)[nH]c1cc(C(=O)O)ccc12. The number of aromatic carboxylic acids is 1. The van der Waals surface area contributed by atoms with Crippen LogP contribution in [0.5, 0.6) is 0 Å². The number of carboxylic acid groups (broad SMARTS) is 1. The molecule has 1 heterocycles. The second kappa shape index (κ2) is 3.25. The van der Waals surface area contributed by atoms with Gasteiger partial charge in [-0.3, -0.25) is 0 Å². The second-order valence-electron chi connectivity index (χ2n) is 4.00. The van der Waals surface area contributed by atoms with Crippen LogP contribution < -0.4 is 5.73 Å². The minimum absolute atomic E-state index is 0.275. The van der Waals surface area contributed by atoms with Gasteiger partial charge in [0, 0.05) is 27.5 Å². The van der Waals surface area contributed by atoms with Crippen LogP contribution in [0.4, 0.5) is 5.69 Å². The minimum atomic E-state index is -0.926. The maximum Gasteiger partial charge on any atom is 0.335 e. The number of rotatable bonds is 1. The lowest BCUT2D eigenvalue weighted by atomic mass is 10.1. The number of hydrogen-bond acceptors (Lipinski definition) is 2. The third-order valence-electron chi connectivity index (χ3n) is 2.87. The Morgan fingerprint density at radius 3 is 2.41 bits per heavy atom. The van der Waals surface area contributed by atoms with Gasteiger partial charge in [0.2, 0.25) is 0 Å². The van der Waals surface area contributed by atoms with E-state index in [0.29, 0.717) is 5.69 Å². The zero-order chi connectivity index (χ0) is 12.0. The zero-order valence-corrected chi connectivity index (χ0v) is 8.90. The van der Waals surface area contributed by atoms with Crippen LogP contribution in [-0.4, -0.2) is 16.1 Å². The van der Waals surface area contributed by atoms with Crippen LogP contribution in [-0.2, 0) is 0 Å². The number of aromatic nitrogens is 1. The number of nitrogen functional groups attached to an aromatic ring is 1.